The highest BCUT2D eigenvalue weighted by molar-refractivity contribution is 7.86. The maximum absolute atomic E-state index is 10.7. The molecule has 1 atom stereocenters. The van der Waals surface area contributed by atoms with Crippen molar-refractivity contribution in [2.75, 3.05) is 0 Å². The Morgan fingerprint density at radius 2 is 1.24 bits per heavy atom. The highest BCUT2D eigenvalue weighted by atomic mass is 32.2. The number of alkyl halides is 3. The van der Waals surface area contributed by atoms with Gasteiger partial charge in [0.2, 0.25) is 0 Å². The Balaban J connectivity index is 0.000000258. The van der Waals surface area contributed by atoms with E-state index in [0.29, 0.717) is 0 Å². The molecule has 0 bridgehead atoms. The van der Waals surface area contributed by atoms with Crippen LogP contribution in [0.2, 0.25) is 0 Å². The van der Waals surface area contributed by atoms with Crippen molar-refractivity contribution in [2.24, 2.45) is 0 Å². The Hall–Kier alpha value is -2.68. The molecule has 29 heavy (non-hydrogen) atoms. The first kappa shape index (κ1) is 21.0. The average molecular weight is 436 g/mol. The molecule has 1 heterocycles. The van der Waals surface area contributed by atoms with E-state index in [-0.39, 0.29) is 10.5 Å². The Bertz CT molecular complexity index is 1200. The van der Waals surface area contributed by atoms with E-state index in [1.807, 2.05) is 0 Å². The summed E-state index contributed by atoms with van der Waals surface area (Å²) in [5.41, 5.74) is -4.33. The van der Waals surface area contributed by atoms with Crippen molar-refractivity contribution in [3.05, 3.63) is 91.0 Å². The largest absolute Gasteiger partial charge is 0.741 e. The van der Waals surface area contributed by atoms with Gasteiger partial charge >= 0.3 is 5.51 Å². The van der Waals surface area contributed by atoms with E-state index in [1.54, 1.807) is 0 Å². The Morgan fingerprint density at radius 1 is 0.759 bits per heavy atom. The molecule has 0 radical (unpaired) electrons. The number of halogens is 3. The van der Waals surface area contributed by atoms with Crippen molar-refractivity contribution >= 4 is 30.7 Å². The molecule has 0 spiro atoms. The number of fused-ring (bicyclic) bond motifs is 1. The van der Waals surface area contributed by atoms with Crippen LogP contribution < -0.4 is 0 Å². The number of rotatable bonds is 2. The van der Waals surface area contributed by atoms with Gasteiger partial charge in [-0.05, 0) is 36.4 Å². The van der Waals surface area contributed by atoms with E-state index < -0.39 is 15.6 Å². The van der Waals surface area contributed by atoms with Crippen LogP contribution in [0.3, 0.4) is 0 Å². The van der Waals surface area contributed by atoms with Crippen molar-refractivity contribution in [3.8, 4) is 15.3 Å². The summed E-state index contributed by atoms with van der Waals surface area (Å²) in [6.45, 7) is 0. The summed E-state index contributed by atoms with van der Waals surface area (Å²) in [6, 6.07) is 32.6. The minimum atomic E-state index is -6.09. The van der Waals surface area contributed by atoms with Crippen LogP contribution >= 0.6 is 10.5 Å². The minimum Gasteiger partial charge on any atom is -0.741 e. The first-order valence-corrected chi connectivity index (χ1v) is 11.0. The molecular formula is C21H15F3O3S2. The molecule has 8 heteroatoms. The number of thiophene rings is 1. The fraction of sp³-hybridized carbons (Fsp3) is 0.0476. The summed E-state index contributed by atoms with van der Waals surface area (Å²) >= 11 is 0. The van der Waals surface area contributed by atoms with Crippen LogP contribution in [0.5, 0.6) is 0 Å². The van der Waals surface area contributed by atoms with Crippen molar-refractivity contribution < 1.29 is 26.1 Å². The monoisotopic (exact) mass is 436 g/mol. The van der Waals surface area contributed by atoms with Gasteiger partial charge in [0.25, 0.3) is 0 Å². The quantitative estimate of drug-likeness (QED) is 0.211. The van der Waals surface area contributed by atoms with Crippen molar-refractivity contribution in [1.82, 2.24) is 0 Å². The van der Waals surface area contributed by atoms with E-state index in [0.717, 1.165) is 0 Å². The Labute approximate surface area is 168 Å². The van der Waals surface area contributed by atoms with Crippen LogP contribution in [0.25, 0.3) is 25.4 Å². The zero-order valence-electron chi connectivity index (χ0n) is 14.8. The van der Waals surface area contributed by atoms with Crippen LogP contribution in [-0.2, 0) is 10.1 Å². The normalized spacial score (nSPS) is 12.3. The second-order valence-corrected chi connectivity index (χ2v) is 9.27. The molecule has 0 saturated heterocycles. The van der Waals surface area contributed by atoms with E-state index in [2.05, 4.69) is 91.0 Å². The fourth-order valence-electron chi connectivity index (χ4n) is 2.72. The van der Waals surface area contributed by atoms with Gasteiger partial charge in [0.05, 0.1) is 0 Å². The van der Waals surface area contributed by atoms with Gasteiger partial charge < -0.3 is 4.55 Å². The summed E-state index contributed by atoms with van der Waals surface area (Å²) in [4.78, 5) is 2.81. The lowest BCUT2D eigenvalue weighted by Crippen LogP contribution is -2.21. The average Bonchev–Trinajstić information content (AvgIpc) is 3.08. The molecule has 0 aliphatic heterocycles. The van der Waals surface area contributed by atoms with E-state index in [4.69, 9.17) is 13.0 Å². The maximum atomic E-state index is 10.7. The fourth-order valence-corrected chi connectivity index (χ4v) is 5.09. The lowest BCUT2D eigenvalue weighted by Gasteiger charge is -2.08. The smallest absolute Gasteiger partial charge is 0.485 e. The molecule has 4 rings (SSSR count). The van der Waals surface area contributed by atoms with Crippen LogP contribution in [0, 0.1) is 0 Å². The molecule has 150 valence electrons. The molecule has 4 aromatic rings. The highest BCUT2D eigenvalue weighted by Gasteiger charge is 2.36. The van der Waals surface area contributed by atoms with Crippen molar-refractivity contribution in [1.29, 1.82) is 0 Å². The molecule has 0 amide bonds. The molecule has 0 N–H and O–H groups in total. The van der Waals surface area contributed by atoms with Gasteiger partial charge in [-0.2, -0.15) is 13.2 Å². The van der Waals surface area contributed by atoms with E-state index in [1.165, 1.54) is 25.4 Å². The molecule has 3 aromatic carbocycles. The van der Waals surface area contributed by atoms with Crippen LogP contribution in [0.1, 0.15) is 0 Å². The third-order valence-corrected chi connectivity index (χ3v) is 6.88. The third kappa shape index (κ3) is 4.84. The molecule has 1 aromatic heterocycles. The standard InChI is InChI=1S/C20H15S.CHF3O3S/c1-3-9-16(10-4-1)20-15-17-11-7-8-14-19(17)21(20)18-12-5-2-6-13-18;2-1(3,4)8(5,6)7/h1-15H;(H,5,6,7)/q+1;/p-1. The molecule has 3 nitrogen and oxygen atoms in total. The minimum absolute atomic E-state index is 0.00673. The summed E-state index contributed by atoms with van der Waals surface area (Å²) < 4.78 is 60.3. The van der Waals surface area contributed by atoms with E-state index in [9.17, 15) is 13.2 Å². The Kier molecular flexibility index (Phi) is 6.07. The molecule has 0 aliphatic carbocycles. The Morgan fingerprint density at radius 3 is 1.79 bits per heavy atom. The molecule has 0 fully saturated rings. The predicted octanol–water partition coefficient (Wildman–Crippen LogP) is 6.30. The molecule has 1 unspecified atom stereocenters. The van der Waals surface area contributed by atoms with Gasteiger partial charge in [-0.1, -0.05) is 48.5 Å². The van der Waals surface area contributed by atoms with E-state index >= 15 is 0 Å². The third-order valence-electron chi connectivity index (χ3n) is 3.97. The zero-order chi connectivity index (χ0) is 21.1. The van der Waals surface area contributed by atoms with Crippen LogP contribution in [-0.4, -0.2) is 18.5 Å². The SMILES string of the molecule is O=S(=O)([O-])C(F)(F)F.c1ccc(-c2cc3ccccc3[s+]2-c2ccccc2)cc1. The first-order chi connectivity index (χ1) is 13.7. The summed E-state index contributed by atoms with van der Waals surface area (Å²) in [5.74, 6) is 0. The number of hydrogen-bond donors (Lipinski definition) is 0. The summed E-state index contributed by atoms with van der Waals surface area (Å²) in [5, 5.41) is 1.35. The molecule has 0 saturated carbocycles. The first-order valence-electron chi connectivity index (χ1n) is 8.36. The van der Waals surface area contributed by atoms with Crippen molar-refractivity contribution in [3.63, 3.8) is 0 Å². The zero-order valence-corrected chi connectivity index (χ0v) is 16.5. The van der Waals surface area contributed by atoms with Gasteiger partial charge in [-0.15, -0.1) is 0 Å². The van der Waals surface area contributed by atoms with Gasteiger partial charge in [0, 0.05) is 27.5 Å². The summed E-state index contributed by atoms with van der Waals surface area (Å²) in [6.07, 6.45) is 0. The maximum Gasteiger partial charge on any atom is 0.485 e. The summed E-state index contributed by atoms with van der Waals surface area (Å²) in [7, 11) is -6.08. The number of hydrogen-bond acceptors (Lipinski definition) is 3. The molecular weight excluding hydrogens is 421 g/mol. The second-order valence-electron chi connectivity index (χ2n) is 5.93. The van der Waals surface area contributed by atoms with Crippen LogP contribution in [0.4, 0.5) is 13.2 Å². The topological polar surface area (TPSA) is 57.2 Å². The predicted molar refractivity (Wildman–Crippen MR) is 109 cm³/mol. The van der Waals surface area contributed by atoms with Gasteiger partial charge in [-0.3, -0.25) is 0 Å². The second kappa shape index (κ2) is 8.36. The van der Waals surface area contributed by atoms with Gasteiger partial charge in [0.15, 0.2) is 24.6 Å². The lowest BCUT2D eigenvalue weighted by atomic mass is 10.2. The molecule has 0 aliphatic rings. The van der Waals surface area contributed by atoms with Gasteiger partial charge in [-0.25, -0.2) is 8.42 Å². The highest BCUT2D eigenvalue weighted by Crippen LogP contribution is 2.48. The van der Waals surface area contributed by atoms with Gasteiger partial charge in [0.1, 0.15) is 0 Å². The number of benzene rings is 3. The van der Waals surface area contributed by atoms with Crippen molar-refractivity contribution in [2.45, 2.75) is 5.51 Å². The van der Waals surface area contributed by atoms with Crippen LogP contribution in [0.15, 0.2) is 91.0 Å². The lowest BCUT2D eigenvalue weighted by molar-refractivity contribution is -0.0517.